The predicted octanol–water partition coefficient (Wildman–Crippen LogP) is 4.88. The van der Waals surface area contributed by atoms with Crippen LogP contribution in [0.25, 0.3) is 0 Å². The average Bonchev–Trinajstić information content (AvgIpc) is 2.77. The second-order valence-electron chi connectivity index (χ2n) is 7.70. The number of anilines is 1. The van der Waals surface area contributed by atoms with Crippen LogP contribution in [-0.4, -0.2) is 27.0 Å². The quantitative estimate of drug-likeness (QED) is 0.451. The first kappa shape index (κ1) is 24.8. The number of nitrogens with one attached hydrogen (secondary N) is 2. The van der Waals surface area contributed by atoms with E-state index in [1.54, 1.807) is 0 Å². The number of halogens is 1. The third kappa shape index (κ3) is 6.57. The smallest absolute Gasteiger partial charge is 0.242 e. The van der Waals surface area contributed by atoms with Crippen LogP contribution < -0.4 is 14.8 Å². The van der Waals surface area contributed by atoms with Gasteiger partial charge in [0.15, 0.2) is 0 Å². The maximum Gasteiger partial charge on any atom is 0.242 e. The van der Waals surface area contributed by atoms with Gasteiger partial charge in [-0.15, -0.1) is 0 Å². The van der Waals surface area contributed by atoms with E-state index >= 15 is 0 Å². The lowest BCUT2D eigenvalue weighted by Gasteiger charge is -2.20. The predicted molar refractivity (Wildman–Crippen MR) is 131 cm³/mol. The molecule has 0 aliphatic heterocycles. The molecule has 33 heavy (non-hydrogen) atoms. The van der Waals surface area contributed by atoms with Gasteiger partial charge >= 0.3 is 0 Å². The van der Waals surface area contributed by atoms with Gasteiger partial charge < -0.3 is 10.1 Å². The highest BCUT2D eigenvalue weighted by atomic mass is 35.5. The largest absolute Gasteiger partial charge is 0.492 e. The van der Waals surface area contributed by atoms with Gasteiger partial charge in [0.2, 0.25) is 15.9 Å². The number of benzene rings is 3. The fraction of sp³-hybridized carbons (Fsp3) is 0.240. The Morgan fingerprint density at radius 3 is 2.39 bits per heavy atom. The Kier molecular flexibility index (Phi) is 8.13. The average molecular weight is 487 g/mol. The Morgan fingerprint density at radius 2 is 1.76 bits per heavy atom. The van der Waals surface area contributed by atoms with E-state index in [9.17, 15) is 13.2 Å². The van der Waals surface area contributed by atoms with E-state index in [2.05, 4.69) is 10.0 Å². The molecule has 0 aromatic heterocycles. The van der Waals surface area contributed by atoms with Gasteiger partial charge in [0, 0.05) is 5.69 Å². The van der Waals surface area contributed by atoms with Gasteiger partial charge in [-0.1, -0.05) is 59.6 Å². The third-order valence-electron chi connectivity index (χ3n) is 5.05. The minimum Gasteiger partial charge on any atom is -0.492 e. The number of carbonyl (C=O) groups is 1. The van der Waals surface area contributed by atoms with Crippen molar-refractivity contribution in [2.45, 2.75) is 38.1 Å². The first-order valence-electron chi connectivity index (χ1n) is 10.6. The van der Waals surface area contributed by atoms with Crippen molar-refractivity contribution in [3.05, 3.63) is 88.4 Å². The van der Waals surface area contributed by atoms with Gasteiger partial charge in [-0.25, -0.2) is 8.42 Å². The Hall–Kier alpha value is -2.87. The number of sulfonamides is 1. The summed E-state index contributed by atoms with van der Waals surface area (Å²) in [6, 6.07) is 18.1. The summed E-state index contributed by atoms with van der Waals surface area (Å²) in [4.78, 5) is 13.1. The summed E-state index contributed by atoms with van der Waals surface area (Å²) >= 11 is 6.18. The molecule has 0 bridgehead atoms. The topological polar surface area (TPSA) is 84.5 Å². The summed E-state index contributed by atoms with van der Waals surface area (Å²) in [5.74, 6) is -0.0574. The number of hydrogen-bond donors (Lipinski definition) is 2. The number of hydrogen-bond acceptors (Lipinski definition) is 4. The zero-order valence-electron chi connectivity index (χ0n) is 18.8. The molecular weight excluding hydrogens is 460 g/mol. The molecule has 3 rings (SSSR count). The summed E-state index contributed by atoms with van der Waals surface area (Å²) in [6.45, 7) is 6.07. The Labute approximate surface area is 200 Å². The molecule has 8 heteroatoms. The molecule has 3 aromatic carbocycles. The van der Waals surface area contributed by atoms with Crippen LogP contribution >= 0.6 is 11.6 Å². The van der Waals surface area contributed by atoms with E-state index in [0.29, 0.717) is 18.0 Å². The summed E-state index contributed by atoms with van der Waals surface area (Å²) < 4.78 is 34.2. The van der Waals surface area contributed by atoms with Crippen LogP contribution in [0, 0.1) is 13.8 Å². The number of amides is 1. The van der Waals surface area contributed by atoms with Crippen LogP contribution in [0.5, 0.6) is 5.75 Å². The van der Waals surface area contributed by atoms with Crippen molar-refractivity contribution in [2.24, 2.45) is 0 Å². The molecule has 1 amide bonds. The van der Waals surface area contributed by atoms with Gasteiger partial charge in [0.1, 0.15) is 11.8 Å². The fourth-order valence-corrected chi connectivity index (χ4v) is 4.91. The molecule has 3 aromatic rings. The molecule has 6 nitrogen and oxygen atoms in total. The van der Waals surface area contributed by atoms with Gasteiger partial charge in [0.05, 0.1) is 16.5 Å². The SMILES string of the molecule is CCOc1ccc(S(=O)(=O)N[C@@H](Cc2ccccc2)C(=O)Nc2ccc(C)cc2C)cc1Cl. The van der Waals surface area contributed by atoms with E-state index < -0.39 is 22.0 Å². The summed E-state index contributed by atoms with van der Waals surface area (Å²) in [5, 5.41) is 3.04. The molecule has 0 heterocycles. The van der Waals surface area contributed by atoms with Gasteiger partial charge in [-0.3, -0.25) is 4.79 Å². The fourth-order valence-electron chi connectivity index (χ4n) is 3.39. The van der Waals surface area contributed by atoms with Crippen molar-refractivity contribution >= 4 is 33.2 Å². The molecule has 0 saturated carbocycles. The lowest BCUT2D eigenvalue weighted by Crippen LogP contribution is -2.45. The number of ether oxygens (including phenoxy) is 1. The Bertz CT molecular complexity index is 1230. The molecule has 0 radical (unpaired) electrons. The molecule has 2 N–H and O–H groups in total. The summed E-state index contributed by atoms with van der Waals surface area (Å²) in [7, 11) is -4.04. The van der Waals surface area contributed by atoms with Crippen molar-refractivity contribution in [1.29, 1.82) is 0 Å². The maximum atomic E-state index is 13.2. The lowest BCUT2D eigenvalue weighted by atomic mass is 10.1. The van der Waals surface area contributed by atoms with Crippen molar-refractivity contribution in [1.82, 2.24) is 4.72 Å². The highest BCUT2D eigenvalue weighted by molar-refractivity contribution is 7.89. The lowest BCUT2D eigenvalue weighted by molar-refractivity contribution is -0.117. The van der Waals surface area contributed by atoms with Crippen LogP contribution in [0.1, 0.15) is 23.6 Å². The molecule has 1 atom stereocenters. The van der Waals surface area contributed by atoms with Crippen molar-refractivity contribution < 1.29 is 17.9 Å². The van der Waals surface area contributed by atoms with Crippen molar-refractivity contribution in [3.63, 3.8) is 0 Å². The van der Waals surface area contributed by atoms with Crippen LogP contribution in [0.2, 0.25) is 5.02 Å². The zero-order valence-corrected chi connectivity index (χ0v) is 20.3. The van der Waals surface area contributed by atoms with Crippen LogP contribution in [0.15, 0.2) is 71.6 Å². The molecule has 0 spiro atoms. The Balaban J connectivity index is 1.88. The first-order chi connectivity index (χ1) is 15.7. The van der Waals surface area contributed by atoms with E-state index in [1.165, 1.54) is 18.2 Å². The minimum atomic E-state index is -4.04. The first-order valence-corrected chi connectivity index (χ1v) is 12.4. The van der Waals surface area contributed by atoms with Crippen LogP contribution in [-0.2, 0) is 21.2 Å². The van der Waals surface area contributed by atoms with Crippen LogP contribution in [0.4, 0.5) is 5.69 Å². The van der Waals surface area contributed by atoms with E-state index in [0.717, 1.165) is 16.7 Å². The minimum absolute atomic E-state index is 0.0478. The summed E-state index contributed by atoms with van der Waals surface area (Å²) in [6.07, 6.45) is 0.182. The zero-order chi connectivity index (χ0) is 24.0. The highest BCUT2D eigenvalue weighted by Gasteiger charge is 2.27. The summed E-state index contributed by atoms with van der Waals surface area (Å²) in [5.41, 5.74) is 3.42. The molecule has 0 saturated heterocycles. The van der Waals surface area contributed by atoms with E-state index in [1.807, 2.05) is 69.3 Å². The Morgan fingerprint density at radius 1 is 1.03 bits per heavy atom. The standard InChI is InChI=1S/C25H27ClN2O4S/c1-4-32-24-13-11-20(16-21(24)26)33(30,31)28-23(15-19-8-6-5-7-9-19)25(29)27-22-12-10-17(2)14-18(22)3/h5-14,16,23,28H,4,15H2,1-3H3,(H,27,29)/t23-/m0/s1. The monoisotopic (exact) mass is 486 g/mol. The number of aryl methyl sites for hydroxylation is 2. The van der Waals surface area contributed by atoms with Crippen molar-refractivity contribution in [2.75, 3.05) is 11.9 Å². The van der Waals surface area contributed by atoms with Gasteiger partial charge in [-0.2, -0.15) is 4.72 Å². The molecule has 0 unspecified atom stereocenters. The second kappa shape index (κ2) is 10.8. The maximum absolute atomic E-state index is 13.2. The molecule has 0 fully saturated rings. The van der Waals surface area contributed by atoms with Crippen molar-refractivity contribution in [3.8, 4) is 5.75 Å². The van der Waals surface area contributed by atoms with Gasteiger partial charge in [0.25, 0.3) is 0 Å². The van der Waals surface area contributed by atoms with Crippen LogP contribution in [0.3, 0.4) is 0 Å². The number of carbonyl (C=O) groups excluding carboxylic acids is 1. The molecular formula is C25H27ClN2O4S. The van der Waals surface area contributed by atoms with E-state index in [-0.39, 0.29) is 16.3 Å². The number of rotatable bonds is 9. The second-order valence-corrected chi connectivity index (χ2v) is 9.82. The van der Waals surface area contributed by atoms with E-state index in [4.69, 9.17) is 16.3 Å². The van der Waals surface area contributed by atoms with Gasteiger partial charge in [-0.05, 0) is 62.6 Å². The normalized spacial score (nSPS) is 12.2. The molecule has 0 aliphatic carbocycles. The highest BCUT2D eigenvalue weighted by Crippen LogP contribution is 2.27. The third-order valence-corrected chi connectivity index (χ3v) is 6.81. The molecule has 0 aliphatic rings. The molecule has 174 valence electrons.